The quantitative estimate of drug-likeness (QED) is 0.801. The van der Waals surface area contributed by atoms with Crippen molar-refractivity contribution in [3.63, 3.8) is 0 Å². The molecule has 0 saturated carbocycles. The molecule has 0 aliphatic rings. The Hall–Kier alpha value is -1.29. The van der Waals surface area contributed by atoms with E-state index in [1.54, 1.807) is 19.5 Å². The molecule has 0 amide bonds. The zero-order valence-electron chi connectivity index (χ0n) is 7.25. The Balaban J connectivity index is 2.54. The second-order valence-corrected chi connectivity index (χ2v) is 2.85. The summed E-state index contributed by atoms with van der Waals surface area (Å²) in [6.45, 7) is 3.98. The molecule has 1 N–H and O–H groups in total. The number of rotatable bonds is 4. The van der Waals surface area contributed by atoms with E-state index in [4.69, 9.17) is 16.3 Å². The molecule has 0 aliphatic carbocycles. The predicted molar refractivity (Wildman–Crippen MR) is 52.1 cm³/mol. The second-order valence-electron chi connectivity index (χ2n) is 2.32. The summed E-state index contributed by atoms with van der Waals surface area (Å²) in [6.07, 6.45) is 3.15. The molecule has 0 unspecified atom stereocenters. The van der Waals surface area contributed by atoms with Gasteiger partial charge in [0.25, 0.3) is 0 Å². The Kier molecular flexibility index (Phi) is 3.52. The topological polar surface area (TPSA) is 47.0 Å². The van der Waals surface area contributed by atoms with Gasteiger partial charge in [-0.2, -0.15) is 0 Å². The predicted octanol–water partition coefficient (Wildman–Crippen LogP) is 1.65. The van der Waals surface area contributed by atoms with Gasteiger partial charge in [0.15, 0.2) is 5.75 Å². The maximum atomic E-state index is 5.55. The van der Waals surface area contributed by atoms with Gasteiger partial charge < -0.3 is 10.1 Å². The maximum absolute atomic E-state index is 5.55. The SMILES string of the molecule is C=C(Cl)CNc1ncc(OC)cn1. The molecule has 0 aromatic carbocycles. The average molecular weight is 200 g/mol. The summed E-state index contributed by atoms with van der Waals surface area (Å²) < 4.78 is 4.90. The van der Waals surface area contributed by atoms with E-state index in [9.17, 15) is 0 Å². The Bertz CT molecular complexity index is 286. The standard InChI is InChI=1S/C8H10ClN3O/c1-6(9)3-10-8-11-4-7(13-2)5-12-8/h4-5H,1,3H2,2H3,(H,10,11,12). The maximum Gasteiger partial charge on any atom is 0.223 e. The van der Waals surface area contributed by atoms with Gasteiger partial charge in [0, 0.05) is 5.03 Å². The highest BCUT2D eigenvalue weighted by Gasteiger charge is 1.96. The van der Waals surface area contributed by atoms with Crippen molar-refractivity contribution >= 4 is 17.5 Å². The Morgan fingerprint density at radius 2 is 2.23 bits per heavy atom. The van der Waals surface area contributed by atoms with Gasteiger partial charge >= 0.3 is 0 Å². The zero-order valence-corrected chi connectivity index (χ0v) is 8.01. The van der Waals surface area contributed by atoms with Crippen molar-refractivity contribution in [3.8, 4) is 5.75 Å². The number of aromatic nitrogens is 2. The molecule has 0 atom stereocenters. The molecule has 1 rings (SSSR count). The number of nitrogens with one attached hydrogen (secondary N) is 1. The number of anilines is 1. The van der Waals surface area contributed by atoms with Crippen LogP contribution in [0.3, 0.4) is 0 Å². The van der Waals surface area contributed by atoms with E-state index in [0.717, 1.165) is 0 Å². The van der Waals surface area contributed by atoms with Crippen LogP contribution in [0.5, 0.6) is 5.75 Å². The van der Waals surface area contributed by atoms with Crippen LogP contribution in [-0.4, -0.2) is 23.6 Å². The minimum absolute atomic E-state index is 0.452. The normalized spacial score (nSPS) is 9.38. The number of nitrogens with zero attached hydrogens (tertiary/aromatic N) is 2. The van der Waals surface area contributed by atoms with E-state index in [0.29, 0.717) is 23.3 Å². The van der Waals surface area contributed by atoms with Crippen LogP contribution in [0.2, 0.25) is 0 Å². The molecule has 0 saturated heterocycles. The highest BCUT2D eigenvalue weighted by Crippen LogP contribution is 2.07. The molecule has 0 radical (unpaired) electrons. The van der Waals surface area contributed by atoms with Crippen LogP contribution in [0.15, 0.2) is 24.0 Å². The van der Waals surface area contributed by atoms with Crippen molar-refractivity contribution in [2.45, 2.75) is 0 Å². The summed E-state index contributed by atoms with van der Waals surface area (Å²) in [5, 5.41) is 3.40. The van der Waals surface area contributed by atoms with Crippen LogP contribution in [0, 0.1) is 0 Å². The van der Waals surface area contributed by atoms with Crippen LogP contribution in [0.1, 0.15) is 0 Å². The lowest BCUT2D eigenvalue weighted by Gasteiger charge is -2.03. The second kappa shape index (κ2) is 4.67. The van der Waals surface area contributed by atoms with E-state index >= 15 is 0 Å². The molecule has 5 heteroatoms. The number of hydrogen-bond acceptors (Lipinski definition) is 4. The highest BCUT2D eigenvalue weighted by molar-refractivity contribution is 6.29. The first-order chi connectivity index (χ1) is 6.22. The molecule has 4 nitrogen and oxygen atoms in total. The molecule has 1 aromatic heterocycles. The summed E-state index contributed by atoms with van der Waals surface area (Å²) in [4.78, 5) is 7.95. The van der Waals surface area contributed by atoms with E-state index in [2.05, 4.69) is 21.9 Å². The molecule has 70 valence electrons. The van der Waals surface area contributed by atoms with Crippen molar-refractivity contribution in [1.82, 2.24) is 9.97 Å². The Morgan fingerprint density at radius 1 is 1.62 bits per heavy atom. The lowest BCUT2D eigenvalue weighted by atomic mass is 10.6. The van der Waals surface area contributed by atoms with E-state index < -0.39 is 0 Å². The van der Waals surface area contributed by atoms with Crippen molar-refractivity contribution in [2.24, 2.45) is 0 Å². The van der Waals surface area contributed by atoms with E-state index in [1.165, 1.54) is 0 Å². The van der Waals surface area contributed by atoms with Gasteiger partial charge in [-0.05, 0) is 0 Å². The van der Waals surface area contributed by atoms with Crippen LogP contribution < -0.4 is 10.1 Å². The summed E-state index contributed by atoms with van der Waals surface area (Å²) in [5.41, 5.74) is 0. The summed E-state index contributed by atoms with van der Waals surface area (Å²) in [7, 11) is 1.56. The molecule has 0 bridgehead atoms. The van der Waals surface area contributed by atoms with Crippen molar-refractivity contribution < 1.29 is 4.74 Å². The largest absolute Gasteiger partial charge is 0.494 e. The first-order valence-corrected chi connectivity index (χ1v) is 4.03. The summed E-state index contributed by atoms with van der Waals surface area (Å²) in [5.74, 6) is 1.12. The summed E-state index contributed by atoms with van der Waals surface area (Å²) in [6, 6.07) is 0. The fourth-order valence-corrected chi connectivity index (χ4v) is 0.755. The van der Waals surface area contributed by atoms with Gasteiger partial charge in [-0.25, -0.2) is 9.97 Å². The third-order valence-electron chi connectivity index (χ3n) is 1.30. The molecule has 1 aromatic rings. The van der Waals surface area contributed by atoms with Gasteiger partial charge in [-0.15, -0.1) is 0 Å². The van der Waals surface area contributed by atoms with Crippen molar-refractivity contribution in [1.29, 1.82) is 0 Å². The molecule has 0 aliphatic heterocycles. The molecular formula is C8H10ClN3O. The zero-order chi connectivity index (χ0) is 9.68. The van der Waals surface area contributed by atoms with E-state index in [-0.39, 0.29) is 0 Å². The number of halogens is 1. The number of hydrogen-bond donors (Lipinski definition) is 1. The first kappa shape index (κ1) is 9.80. The molecule has 1 heterocycles. The fraction of sp³-hybridized carbons (Fsp3) is 0.250. The lowest BCUT2D eigenvalue weighted by molar-refractivity contribution is 0.411. The van der Waals surface area contributed by atoms with Crippen LogP contribution in [0.4, 0.5) is 5.95 Å². The van der Waals surface area contributed by atoms with Crippen molar-refractivity contribution in [2.75, 3.05) is 19.0 Å². The van der Waals surface area contributed by atoms with Crippen LogP contribution in [-0.2, 0) is 0 Å². The summed E-state index contributed by atoms with van der Waals surface area (Å²) >= 11 is 5.55. The Labute approximate surface area is 81.6 Å². The number of ether oxygens (including phenoxy) is 1. The smallest absolute Gasteiger partial charge is 0.223 e. The molecule has 0 fully saturated rings. The molecule has 0 spiro atoms. The average Bonchev–Trinajstić information content (AvgIpc) is 2.15. The molecular weight excluding hydrogens is 190 g/mol. The number of methoxy groups -OCH3 is 1. The highest BCUT2D eigenvalue weighted by atomic mass is 35.5. The van der Waals surface area contributed by atoms with Gasteiger partial charge in [0.2, 0.25) is 5.95 Å². The molecule has 13 heavy (non-hydrogen) atoms. The lowest BCUT2D eigenvalue weighted by Crippen LogP contribution is -2.04. The third-order valence-corrected chi connectivity index (χ3v) is 1.44. The minimum Gasteiger partial charge on any atom is -0.494 e. The van der Waals surface area contributed by atoms with E-state index in [1.807, 2.05) is 0 Å². The third kappa shape index (κ3) is 3.29. The minimum atomic E-state index is 0.452. The van der Waals surface area contributed by atoms with Crippen LogP contribution in [0.25, 0.3) is 0 Å². The van der Waals surface area contributed by atoms with Gasteiger partial charge in [-0.1, -0.05) is 18.2 Å². The van der Waals surface area contributed by atoms with Crippen LogP contribution >= 0.6 is 11.6 Å². The van der Waals surface area contributed by atoms with Gasteiger partial charge in [0.05, 0.1) is 26.0 Å². The first-order valence-electron chi connectivity index (χ1n) is 3.65. The monoisotopic (exact) mass is 199 g/mol. The van der Waals surface area contributed by atoms with Crippen molar-refractivity contribution in [3.05, 3.63) is 24.0 Å². The van der Waals surface area contributed by atoms with Gasteiger partial charge in [-0.3, -0.25) is 0 Å². The van der Waals surface area contributed by atoms with Gasteiger partial charge in [0.1, 0.15) is 0 Å². The fourth-order valence-electron chi connectivity index (χ4n) is 0.688. The Morgan fingerprint density at radius 3 is 2.69 bits per heavy atom.